The van der Waals surface area contributed by atoms with Gasteiger partial charge in [-0.25, -0.2) is 4.98 Å². The van der Waals surface area contributed by atoms with Crippen LogP contribution in [0.5, 0.6) is 5.75 Å². The first-order valence-electron chi connectivity index (χ1n) is 9.89. The van der Waals surface area contributed by atoms with Crippen LogP contribution in [0.25, 0.3) is 11.3 Å². The molecule has 0 aromatic carbocycles. The Morgan fingerprint density at radius 1 is 1.21 bits per heavy atom. The molecule has 0 saturated heterocycles. The van der Waals surface area contributed by atoms with E-state index in [-0.39, 0.29) is 11.9 Å². The average molecular weight is 391 g/mol. The van der Waals surface area contributed by atoms with Gasteiger partial charge in [-0.1, -0.05) is 6.92 Å². The minimum Gasteiger partial charge on any atom is -0.495 e. The summed E-state index contributed by atoms with van der Waals surface area (Å²) < 4.78 is 7.24. The first kappa shape index (κ1) is 19.1. The fraction of sp³-hybridized carbons (Fsp3) is 0.364. The van der Waals surface area contributed by atoms with Crippen molar-refractivity contribution in [3.05, 3.63) is 53.2 Å². The van der Waals surface area contributed by atoms with Crippen LogP contribution in [-0.4, -0.2) is 32.8 Å². The standard InChI is InChI=1S/C22H25N5O2/c1-6-15-8-18(16-9-19(29-5)13(3)23-10-16)25-21-14(4)27(22(28)20(15)21)17-11-24-26(7-2)12-17/h8-12,14H,6-7H2,1-5H3/t14-/m0/s1. The van der Waals surface area contributed by atoms with E-state index in [2.05, 4.69) is 17.0 Å². The Bertz CT molecular complexity index is 1090. The zero-order valence-electron chi connectivity index (χ0n) is 17.4. The molecule has 4 rings (SSSR count). The van der Waals surface area contributed by atoms with E-state index in [0.717, 1.165) is 52.6 Å². The zero-order chi connectivity index (χ0) is 20.7. The first-order valence-corrected chi connectivity index (χ1v) is 9.89. The molecule has 1 amide bonds. The number of rotatable bonds is 5. The number of nitrogens with zero attached hydrogens (tertiary/aromatic N) is 5. The van der Waals surface area contributed by atoms with Crippen LogP contribution in [0.2, 0.25) is 0 Å². The molecule has 0 N–H and O–H groups in total. The van der Waals surface area contributed by atoms with Crippen molar-refractivity contribution in [3.8, 4) is 17.0 Å². The predicted molar refractivity (Wildman–Crippen MR) is 111 cm³/mol. The molecule has 4 heterocycles. The summed E-state index contributed by atoms with van der Waals surface area (Å²) in [5.74, 6) is 0.708. The molecule has 1 aliphatic heterocycles. The van der Waals surface area contributed by atoms with Gasteiger partial charge in [-0.2, -0.15) is 5.10 Å². The Hall–Kier alpha value is -3.22. The molecule has 0 saturated carbocycles. The zero-order valence-corrected chi connectivity index (χ0v) is 17.4. The maximum atomic E-state index is 13.3. The molecule has 29 heavy (non-hydrogen) atoms. The summed E-state index contributed by atoms with van der Waals surface area (Å²) in [4.78, 5) is 24.4. The van der Waals surface area contributed by atoms with Crippen LogP contribution in [0, 0.1) is 6.92 Å². The van der Waals surface area contributed by atoms with Crippen LogP contribution in [0.15, 0.2) is 30.7 Å². The van der Waals surface area contributed by atoms with E-state index in [9.17, 15) is 4.79 Å². The number of carbonyl (C=O) groups excluding carboxylic acids is 1. The highest BCUT2D eigenvalue weighted by atomic mass is 16.5. The third kappa shape index (κ3) is 3.06. The molecular weight excluding hydrogens is 366 g/mol. The number of hydrogen-bond donors (Lipinski definition) is 0. The molecule has 150 valence electrons. The van der Waals surface area contributed by atoms with Gasteiger partial charge in [-0.15, -0.1) is 0 Å². The minimum atomic E-state index is -0.169. The number of methoxy groups -OCH3 is 1. The maximum absolute atomic E-state index is 13.3. The number of carbonyl (C=O) groups is 1. The van der Waals surface area contributed by atoms with Crippen LogP contribution >= 0.6 is 0 Å². The number of anilines is 1. The molecule has 1 atom stereocenters. The minimum absolute atomic E-state index is 0.0151. The molecule has 7 nitrogen and oxygen atoms in total. The van der Waals surface area contributed by atoms with Crippen molar-refractivity contribution < 1.29 is 9.53 Å². The van der Waals surface area contributed by atoms with E-state index in [1.165, 1.54) is 0 Å². The van der Waals surface area contributed by atoms with E-state index < -0.39 is 0 Å². The van der Waals surface area contributed by atoms with Crippen LogP contribution in [0.4, 0.5) is 5.69 Å². The summed E-state index contributed by atoms with van der Waals surface area (Å²) in [6, 6.07) is 3.77. The Labute approximate surface area is 170 Å². The maximum Gasteiger partial charge on any atom is 0.261 e. The second-order valence-corrected chi connectivity index (χ2v) is 7.20. The predicted octanol–water partition coefficient (Wildman–Crippen LogP) is 3.96. The highest BCUT2D eigenvalue weighted by Gasteiger charge is 2.39. The first-order chi connectivity index (χ1) is 14.0. The van der Waals surface area contributed by atoms with Gasteiger partial charge in [0.25, 0.3) is 5.91 Å². The van der Waals surface area contributed by atoms with Crippen molar-refractivity contribution in [3.63, 3.8) is 0 Å². The topological polar surface area (TPSA) is 73.1 Å². The van der Waals surface area contributed by atoms with Gasteiger partial charge in [-0.05, 0) is 44.9 Å². The van der Waals surface area contributed by atoms with E-state index in [0.29, 0.717) is 5.56 Å². The van der Waals surface area contributed by atoms with E-state index in [1.807, 2.05) is 43.8 Å². The molecule has 3 aromatic heterocycles. The normalized spacial score (nSPS) is 15.7. The summed E-state index contributed by atoms with van der Waals surface area (Å²) >= 11 is 0. The third-order valence-corrected chi connectivity index (χ3v) is 5.50. The lowest BCUT2D eigenvalue weighted by Gasteiger charge is -2.19. The Balaban J connectivity index is 1.82. The van der Waals surface area contributed by atoms with Gasteiger partial charge in [0.2, 0.25) is 0 Å². The molecule has 0 unspecified atom stereocenters. The van der Waals surface area contributed by atoms with Gasteiger partial charge in [0, 0.05) is 24.5 Å². The van der Waals surface area contributed by atoms with Crippen molar-refractivity contribution in [2.45, 2.75) is 46.7 Å². The summed E-state index contributed by atoms with van der Waals surface area (Å²) in [7, 11) is 1.64. The quantitative estimate of drug-likeness (QED) is 0.658. The van der Waals surface area contributed by atoms with Crippen molar-refractivity contribution in [2.75, 3.05) is 12.0 Å². The van der Waals surface area contributed by atoms with Crippen molar-refractivity contribution >= 4 is 11.6 Å². The molecule has 0 spiro atoms. The number of ether oxygens (including phenoxy) is 1. The highest BCUT2D eigenvalue weighted by molar-refractivity contribution is 6.11. The number of fused-ring (bicyclic) bond motifs is 1. The number of hydrogen-bond acceptors (Lipinski definition) is 5. The number of pyridine rings is 2. The summed E-state index contributed by atoms with van der Waals surface area (Å²) in [6.07, 6.45) is 6.19. The molecule has 7 heteroatoms. The number of aryl methyl sites for hydroxylation is 3. The molecular formula is C22H25N5O2. The number of amides is 1. The molecule has 1 aliphatic rings. The van der Waals surface area contributed by atoms with Gasteiger partial charge >= 0.3 is 0 Å². The molecule has 0 radical (unpaired) electrons. The third-order valence-electron chi connectivity index (χ3n) is 5.50. The SMILES string of the molecule is CCc1cc(-c2cnc(C)c(OC)c2)nc2c1C(=O)N(c1cnn(CC)c1)[C@H]2C. The smallest absolute Gasteiger partial charge is 0.261 e. The highest BCUT2D eigenvalue weighted by Crippen LogP contribution is 2.39. The van der Waals surface area contributed by atoms with Gasteiger partial charge in [0.15, 0.2) is 0 Å². The lowest BCUT2D eigenvalue weighted by Crippen LogP contribution is -2.26. The van der Waals surface area contributed by atoms with Crippen molar-refractivity contribution in [2.24, 2.45) is 0 Å². The largest absolute Gasteiger partial charge is 0.495 e. The van der Waals surface area contributed by atoms with Crippen molar-refractivity contribution in [1.82, 2.24) is 19.7 Å². The van der Waals surface area contributed by atoms with Gasteiger partial charge in [0.1, 0.15) is 5.75 Å². The molecule has 0 fully saturated rings. The van der Waals surface area contributed by atoms with Crippen LogP contribution in [0.3, 0.4) is 0 Å². The van der Waals surface area contributed by atoms with Crippen LogP contribution in [-0.2, 0) is 13.0 Å². The van der Waals surface area contributed by atoms with Crippen LogP contribution < -0.4 is 9.64 Å². The fourth-order valence-corrected chi connectivity index (χ4v) is 3.86. The van der Waals surface area contributed by atoms with Crippen molar-refractivity contribution in [1.29, 1.82) is 0 Å². The molecule has 0 aliphatic carbocycles. The van der Waals surface area contributed by atoms with Gasteiger partial charge < -0.3 is 4.74 Å². The van der Waals surface area contributed by atoms with E-state index in [4.69, 9.17) is 9.72 Å². The fourth-order valence-electron chi connectivity index (χ4n) is 3.86. The number of aromatic nitrogens is 4. The summed E-state index contributed by atoms with van der Waals surface area (Å²) in [5.41, 5.74) is 5.80. The summed E-state index contributed by atoms with van der Waals surface area (Å²) in [6.45, 7) is 8.76. The second-order valence-electron chi connectivity index (χ2n) is 7.20. The monoisotopic (exact) mass is 391 g/mol. The van der Waals surface area contributed by atoms with E-state index in [1.54, 1.807) is 24.4 Å². The summed E-state index contributed by atoms with van der Waals surface area (Å²) in [5, 5.41) is 4.33. The van der Waals surface area contributed by atoms with Gasteiger partial charge in [-0.3, -0.25) is 19.4 Å². The lowest BCUT2D eigenvalue weighted by atomic mass is 10.0. The van der Waals surface area contributed by atoms with E-state index >= 15 is 0 Å². The lowest BCUT2D eigenvalue weighted by molar-refractivity contribution is 0.0991. The Kier molecular flexibility index (Phi) is 4.82. The second kappa shape index (κ2) is 7.31. The molecule has 0 bridgehead atoms. The Morgan fingerprint density at radius 3 is 2.66 bits per heavy atom. The Morgan fingerprint density at radius 2 is 2.00 bits per heavy atom. The molecule has 3 aromatic rings. The van der Waals surface area contributed by atoms with Crippen LogP contribution in [0.1, 0.15) is 54.1 Å². The van der Waals surface area contributed by atoms with Gasteiger partial charge in [0.05, 0.1) is 47.7 Å². The average Bonchev–Trinajstić information content (AvgIpc) is 3.30.